The zero-order valence-corrected chi connectivity index (χ0v) is 12.1. The molecule has 6 nitrogen and oxygen atoms in total. The van der Waals surface area contributed by atoms with Crippen LogP contribution in [0.2, 0.25) is 0 Å². The minimum atomic E-state index is -0.963. The van der Waals surface area contributed by atoms with Crippen LogP contribution in [0.25, 0.3) is 0 Å². The van der Waals surface area contributed by atoms with E-state index < -0.39 is 24.0 Å². The van der Waals surface area contributed by atoms with Gasteiger partial charge in [0, 0.05) is 0 Å². The molecule has 1 aliphatic heterocycles. The molecule has 1 unspecified atom stereocenters. The summed E-state index contributed by atoms with van der Waals surface area (Å²) >= 11 is 0. The van der Waals surface area contributed by atoms with Crippen molar-refractivity contribution < 1.29 is 19.1 Å². The van der Waals surface area contributed by atoms with Gasteiger partial charge in [0.2, 0.25) is 0 Å². The Hall–Kier alpha value is -3.15. The Kier molecular flexibility index (Phi) is 3.80. The van der Waals surface area contributed by atoms with Crippen LogP contribution in [0.15, 0.2) is 54.6 Å². The molecule has 2 aromatic carbocycles. The van der Waals surface area contributed by atoms with E-state index in [0.29, 0.717) is 16.7 Å². The summed E-state index contributed by atoms with van der Waals surface area (Å²) in [6, 6.07) is 15.4. The molecular weight excluding hydrogens is 296 g/mol. The standard InChI is InChI=1S/C17H14N2O4/c18-17(22)23-14(11-6-2-1-3-7-11)10-19-15(20)12-8-4-5-9-13(12)16(19)21/h1-9,14H,10H2,(H2,18,22). The number of carbonyl (C=O) groups excluding carboxylic acids is 3. The number of hydrogen-bond donors (Lipinski definition) is 1. The maximum atomic E-state index is 12.4. The molecule has 0 saturated heterocycles. The summed E-state index contributed by atoms with van der Waals surface area (Å²) < 4.78 is 5.09. The van der Waals surface area contributed by atoms with Crippen molar-refractivity contribution in [1.82, 2.24) is 4.90 Å². The number of carbonyl (C=O) groups is 3. The molecule has 116 valence electrons. The van der Waals surface area contributed by atoms with E-state index in [0.717, 1.165) is 4.90 Å². The highest BCUT2D eigenvalue weighted by Crippen LogP contribution is 2.26. The van der Waals surface area contributed by atoms with Gasteiger partial charge in [0.1, 0.15) is 6.10 Å². The molecule has 0 radical (unpaired) electrons. The average molecular weight is 310 g/mol. The maximum absolute atomic E-state index is 12.4. The summed E-state index contributed by atoms with van der Waals surface area (Å²) in [6.07, 6.45) is -1.77. The number of primary amides is 1. The summed E-state index contributed by atoms with van der Waals surface area (Å²) in [5, 5.41) is 0. The first-order valence-corrected chi connectivity index (χ1v) is 7.04. The van der Waals surface area contributed by atoms with Gasteiger partial charge in [-0.3, -0.25) is 14.5 Å². The SMILES string of the molecule is NC(=O)OC(CN1C(=O)c2ccccc2C1=O)c1ccccc1. The zero-order chi connectivity index (χ0) is 16.4. The zero-order valence-electron chi connectivity index (χ0n) is 12.1. The third-order valence-electron chi connectivity index (χ3n) is 3.66. The molecule has 3 rings (SSSR count). The fourth-order valence-electron chi connectivity index (χ4n) is 2.59. The quantitative estimate of drug-likeness (QED) is 0.876. The van der Waals surface area contributed by atoms with Gasteiger partial charge < -0.3 is 10.5 Å². The lowest BCUT2D eigenvalue weighted by Gasteiger charge is -2.22. The van der Waals surface area contributed by atoms with Crippen molar-refractivity contribution in [3.8, 4) is 0 Å². The molecular formula is C17H14N2O4. The molecule has 2 aromatic rings. The van der Waals surface area contributed by atoms with Crippen LogP contribution < -0.4 is 5.73 Å². The molecule has 1 heterocycles. The number of imide groups is 1. The summed E-state index contributed by atoms with van der Waals surface area (Å²) in [5.74, 6) is -0.806. The van der Waals surface area contributed by atoms with Crippen molar-refractivity contribution in [3.05, 3.63) is 71.3 Å². The van der Waals surface area contributed by atoms with E-state index in [4.69, 9.17) is 10.5 Å². The van der Waals surface area contributed by atoms with Gasteiger partial charge in [0.05, 0.1) is 17.7 Å². The van der Waals surface area contributed by atoms with E-state index in [1.54, 1.807) is 48.5 Å². The van der Waals surface area contributed by atoms with Crippen molar-refractivity contribution in [2.24, 2.45) is 5.73 Å². The van der Waals surface area contributed by atoms with Gasteiger partial charge >= 0.3 is 6.09 Å². The molecule has 0 aromatic heterocycles. The third kappa shape index (κ3) is 2.78. The topological polar surface area (TPSA) is 89.7 Å². The molecule has 23 heavy (non-hydrogen) atoms. The summed E-state index contributed by atoms with van der Waals surface area (Å²) in [6.45, 7) is -0.0840. The van der Waals surface area contributed by atoms with Crippen molar-refractivity contribution >= 4 is 17.9 Å². The molecule has 0 spiro atoms. The van der Waals surface area contributed by atoms with Gasteiger partial charge in [-0.1, -0.05) is 42.5 Å². The maximum Gasteiger partial charge on any atom is 0.405 e. The summed E-state index contributed by atoms with van der Waals surface area (Å²) in [4.78, 5) is 37.0. The Bertz CT molecular complexity index is 738. The van der Waals surface area contributed by atoms with Crippen molar-refractivity contribution in [2.45, 2.75) is 6.10 Å². The van der Waals surface area contributed by atoms with E-state index >= 15 is 0 Å². The number of hydrogen-bond acceptors (Lipinski definition) is 4. The predicted octanol–water partition coefficient (Wildman–Crippen LogP) is 2.12. The molecule has 1 aliphatic rings. The van der Waals surface area contributed by atoms with Crippen LogP contribution in [0.1, 0.15) is 32.4 Å². The number of benzene rings is 2. The minimum absolute atomic E-state index is 0.0840. The second-order valence-electron chi connectivity index (χ2n) is 5.10. The van der Waals surface area contributed by atoms with Crippen LogP contribution in [0, 0.1) is 0 Å². The lowest BCUT2D eigenvalue weighted by atomic mass is 10.1. The second kappa shape index (κ2) is 5.92. The van der Waals surface area contributed by atoms with E-state index in [-0.39, 0.29) is 6.54 Å². The third-order valence-corrected chi connectivity index (χ3v) is 3.66. The van der Waals surface area contributed by atoms with Gasteiger partial charge in [-0.15, -0.1) is 0 Å². The summed E-state index contributed by atoms with van der Waals surface area (Å²) in [5.41, 5.74) is 6.47. The molecule has 0 saturated carbocycles. The van der Waals surface area contributed by atoms with Crippen LogP contribution in [0.5, 0.6) is 0 Å². The van der Waals surface area contributed by atoms with Crippen molar-refractivity contribution in [1.29, 1.82) is 0 Å². The van der Waals surface area contributed by atoms with Crippen molar-refractivity contribution in [3.63, 3.8) is 0 Å². The van der Waals surface area contributed by atoms with E-state index in [9.17, 15) is 14.4 Å². The number of fused-ring (bicyclic) bond motifs is 1. The molecule has 6 heteroatoms. The molecule has 0 aliphatic carbocycles. The Morgan fingerprint density at radius 2 is 1.48 bits per heavy atom. The van der Waals surface area contributed by atoms with Crippen LogP contribution in [0.3, 0.4) is 0 Å². The predicted molar refractivity (Wildman–Crippen MR) is 81.7 cm³/mol. The number of ether oxygens (including phenoxy) is 1. The van der Waals surface area contributed by atoms with Crippen LogP contribution in [-0.4, -0.2) is 29.4 Å². The largest absolute Gasteiger partial charge is 0.440 e. The Morgan fingerprint density at radius 3 is 2.00 bits per heavy atom. The first kappa shape index (κ1) is 14.8. The number of nitrogens with two attached hydrogens (primary N) is 1. The van der Waals surface area contributed by atoms with Crippen LogP contribution in [-0.2, 0) is 4.74 Å². The number of rotatable bonds is 4. The molecule has 3 amide bonds. The van der Waals surface area contributed by atoms with Gasteiger partial charge in [0.15, 0.2) is 0 Å². The van der Waals surface area contributed by atoms with Gasteiger partial charge in [-0.05, 0) is 17.7 Å². The van der Waals surface area contributed by atoms with Gasteiger partial charge in [-0.2, -0.15) is 0 Å². The normalized spacial score (nSPS) is 14.5. The Morgan fingerprint density at radius 1 is 0.957 bits per heavy atom. The lowest BCUT2D eigenvalue weighted by Crippen LogP contribution is -2.36. The smallest absolute Gasteiger partial charge is 0.405 e. The second-order valence-corrected chi connectivity index (χ2v) is 5.10. The van der Waals surface area contributed by atoms with Gasteiger partial charge in [0.25, 0.3) is 11.8 Å². The first-order chi connectivity index (χ1) is 11.1. The fourth-order valence-corrected chi connectivity index (χ4v) is 2.59. The fraction of sp³-hybridized carbons (Fsp3) is 0.118. The highest BCUT2D eigenvalue weighted by molar-refractivity contribution is 6.21. The van der Waals surface area contributed by atoms with Gasteiger partial charge in [-0.25, -0.2) is 4.79 Å². The first-order valence-electron chi connectivity index (χ1n) is 7.04. The number of nitrogens with zero attached hydrogens (tertiary/aromatic N) is 1. The average Bonchev–Trinajstić information content (AvgIpc) is 2.80. The highest BCUT2D eigenvalue weighted by Gasteiger charge is 2.37. The summed E-state index contributed by atoms with van der Waals surface area (Å²) in [7, 11) is 0. The van der Waals surface area contributed by atoms with Crippen LogP contribution in [0.4, 0.5) is 4.79 Å². The van der Waals surface area contributed by atoms with Crippen LogP contribution >= 0.6 is 0 Å². The Labute approximate surface area is 132 Å². The van der Waals surface area contributed by atoms with E-state index in [1.807, 2.05) is 6.07 Å². The Balaban J connectivity index is 1.88. The molecule has 1 atom stereocenters. The molecule has 0 bridgehead atoms. The van der Waals surface area contributed by atoms with E-state index in [1.165, 1.54) is 0 Å². The number of amides is 3. The minimum Gasteiger partial charge on any atom is -0.440 e. The lowest BCUT2D eigenvalue weighted by molar-refractivity contribution is 0.0488. The van der Waals surface area contributed by atoms with E-state index in [2.05, 4.69) is 0 Å². The monoisotopic (exact) mass is 310 g/mol. The highest BCUT2D eigenvalue weighted by atomic mass is 16.6. The van der Waals surface area contributed by atoms with Crippen molar-refractivity contribution in [2.75, 3.05) is 6.54 Å². The molecule has 0 fully saturated rings. The molecule has 2 N–H and O–H groups in total.